The number of anilines is 2. The lowest BCUT2D eigenvalue weighted by atomic mass is 9.89. The Kier molecular flexibility index (Phi) is 6.01. The largest absolute Gasteiger partial charge is 0.481 e. The van der Waals surface area contributed by atoms with Gasteiger partial charge in [-0.1, -0.05) is 45.0 Å². The minimum atomic E-state index is -0.729. The highest BCUT2D eigenvalue weighted by Gasteiger charge is 2.25. The van der Waals surface area contributed by atoms with Crippen molar-refractivity contribution < 1.29 is 9.53 Å². The molecule has 182 valence electrons. The number of carbonyl (C=O) groups is 1. The number of aromatic nitrogens is 4. The number of fused-ring (bicyclic) bond motifs is 2. The van der Waals surface area contributed by atoms with E-state index in [-0.39, 0.29) is 5.41 Å². The number of nitrogens with zero attached hydrogens (tertiary/aromatic N) is 3. The summed E-state index contributed by atoms with van der Waals surface area (Å²) in [6.45, 7) is 6.14. The van der Waals surface area contributed by atoms with Crippen LogP contribution < -0.4 is 15.8 Å². The van der Waals surface area contributed by atoms with Crippen LogP contribution in [0.2, 0.25) is 0 Å². The van der Waals surface area contributed by atoms with Crippen LogP contribution in [0.25, 0.3) is 33.2 Å². The lowest BCUT2D eigenvalue weighted by Gasteiger charge is -2.24. The molecular formula is C28H28N6O2. The van der Waals surface area contributed by atoms with Crippen molar-refractivity contribution in [2.24, 2.45) is 11.1 Å². The standard InChI is InChI=1S/C28H28N6O2/c1-28(2,3)15-24(25(29)35)36-20-8-6-7-17(14-20)26-32-23-10-5-4-9-21(23)27(33-26)31-19-11-12-22-18(13-19)16-30-34-22/h4-14,16,24H,15H2,1-3H3,(H2,29,35)(H,30,34)(H,31,32,33). The highest BCUT2D eigenvalue weighted by atomic mass is 16.5. The van der Waals surface area contributed by atoms with Gasteiger partial charge in [0.25, 0.3) is 5.91 Å². The van der Waals surface area contributed by atoms with Crippen molar-refractivity contribution in [3.63, 3.8) is 0 Å². The molecule has 36 heavy (non-hydrogen) atoms. The predicted octanol–water partition coefficient (Wildman–Crippen LogP) is 5.59. The second kappa shape index (κ2) is 9.30. The Hall–Kier alpha value is -4.46. The lowest BCUT2D eigenvalue weighted by Crippen LogP contribution is -2.36. The first-order chi connectivity index (χ1) is 17.2. The summed E-state index contributed by atoms with van der Waals surface area (Å²) < 4.78 is 6.01. The number of H-pyrrole nitrogens is 1. The van der Waals surface area contributed by atoms with Gasteiger partial charge in [0.05, 0.1) is 17.2 Å². The Morgan fingerprint density at radius 1 is 1.06 bits per heavy atom. The summed E-state index contributed by atoms with van der Waals surface area (Å²) in [6.07, 6.45) is 1.57. The fraction of sp³-hybridized carbons (Fsp3) is 0.214. The smallest absolute Gasteiger partial charge is 0.258 e. The SMILES string of the molecule is CC(C)(C)CC(Oc1cccc(-c2nc(Nc3ccc4[nH]ncc4c3)c3ccccc3n2)c1)C(N)=O. The third-order valence-corrected chi connectivity index (χ3v) is 5.79. The predicted molar refractivity (Wildman–Crippen MR) is 142 cm³/mol. The Balaban J connectivity index is 1.50. The molecule has 4 N–H and O–H groups in total. The molecule has 8 heteroatoms. The minimum Gasteiger partial charge on any atom is -0.481 e. The highest BCUT2D eigenvalue weighted by molar-refractivity contribution is 5.93. The van der Waals surface area contributed by atoms with E-state index in [1.807, 2.05) is 87.5 Å². The van der Waals surface area contributed by atoms with Crippen molar-refractivity contribution in [2.45, 2.75) is 33.3 Å². The number of benzene rings is 3. The Labute approximate surface area is 208 Å². The summed E-state index contributed by atoms with van der Waals surface area (Å²) in [6, 6.07) is 21.2. The third kappa shape index (κ3) is 5.12. The van der Waals surface area contributed by atoms with E-state index in [9.17, 15) is 4.79 Å². The molecule has 2 aromatic heterocycles. The number of para-hydroxylation sites is 1. The van der Waals surface area contributed by atoms with Gasteiger partial charge in [0, 0.05) is 22.0 Å². The maximum Gasteiger partial charge on any atom is 0.258 e. The summed E-state index contributed by atoms with van der Waals surface area (Å²) in [5.74, 6) is 1.28. The minimum absolute atomic E-state index is 0.112. The van der Waals surface area contributed by atoms with Crippen LogP contribution >= 0.6 is 0 Å². The van der Waals surface area contributed by atoms with Gasteiger partial charge in [-0.25, -0.2) is 9.97 Å². The van der Waals surface area contributed by atoms with Crippen LogP contribution in [0.15, 0.2) is 72.9 Å². The molecule has 1 atom stereocenters. The summed E-state index contributed by atoms with van der Waals surface area (Å²) in [5.41, 5.74) is 8.94. The molecule has 0 aliphatic rings. The van der Waals surface area contributed by atoms with Crippen LogP contribution in [-0.2, 0) is 4.79 Å². The molecule has 2 heterocycles. The summed E-state index contributed by atoms with van der Waals surface area (Å²) in [7, 11) is 0. The van der Waals surface area contributed by atoms with Crippen molar-refractivity contribution in [3.8, 4) is 17.1 Å². The highest BCUT2D eigenvalue weighted by Crippen LogP contribution is 2.30. The van der Waals surface area contributed by atoms with E-state index in [4.69, 9.17) is 20.4 Å². The number of carbonyl (C=O) groups excluding carboxylic acids is 1. The fourth-order valence-electron chi connectivity index (χ4n) is 4.09. The number of aromatic amines is 1. The van der Waals surface area contributed by atoms with Crippen LogP contribution in [0, 0.1) is 5.41 Å². The molecule has 0 bridgehead atoms. The Morgan fingerprint density at radius 2 is 1.89 bits per heavy atom. The molecule has 0 saturated carbocycles. The van der Waals surface area contributed by atoms with Crippen molar-refractivity contribution in [2.75, 3.05) is 5.32 Å². The van der Waals surface area contributed by atoms with E-state index in [1.54, 1.807) is 6.20 Å². The second-order valence-electron chi connectivity index (χ2n) is 10.0. The van der Waals surface area contributed by atoms with E-state index in [0.717, 1.165) is 33.1 Å². The first kappa shape index (κ1) is 23.3. The van der Waals surface area contributed by atoms with Crippen LogP contribution in [0.1, 0.15) is 27.2 Å². The number of amides is 1. The molecule has 5 rings (SSSR count). The van der Waals surface area contributed by atoms with E-state index in [1.165, 1.54) is 0 Å². The van der Waals surface area contributed by atoms with E-state index in [2.05, 4.69) is 15.5 Å². The van der Waals surface area contributed by atoms with Gasteiger partial charge in [-0.3, -0.25) is 9.89 Å². The summed E-state index contributed by atoms with van der Waals surface area (Å²) >= 11 is 0. The zero-order chi connectivity index (χ0) is 25.3. The van der Waals surface area contributed by atoms with Gasteiger partial charge in [-0.05, 0) is 54.3 Å². The Bertz CT molecular complexity index is 1550. The first-order valence-electron chi connectivity index (χ1n) is 11.8. The second-order valence-corrected chi connectivity index (χ2v) is 10.0. The van der Waals surface area contributed by atoms with E-state index >= 15 is 0 Å². The van der Waals surface area contributed by atoms with Crippen molar-refractivity contribution in [1.82, 2.24) is 20.2 Å². The number of hydrogen-bond acceptors (Lipinski definition) is 6. The molecule has 1 unspecified atom stereocenters. The molecule has 0 saturated heterocycles. The number of primary amides is 1. The molecular weight excluding hydrogens is 452 g/mol. The van der Waals surface area contributed by atoms with Gasteiger partial charge in [-0.15, -0.1) is 0 Å². The van der Waals surface area contributed by atoms with Crippen molar-refractivity contribution in [1.29, 1.82) is 0 Å². The van der Waals surface area contributed by atoms with E-state index < -0.39 is 12.0 Å². The zero-order valence-electron chi connectivity index (χ0n) is 20.4. The maximum atomic E-state index is 12.0. The zero-order valence-corrected chi connectivity index (χ0v) is 20.4. The van der Waals surface area contributed by atoms with Crippen molar-refractivity contribution in [3.05, 3.63) is 72.9 Å². The van der Waals surface area contributed by atoms with Gasteiger partial charge in [-0.2, -0.15) is 5.10 Å². The molecule has 0 radical (unpaired) electrons. The molecule has 8 nitrogen and oxygen atoms in total. The van der Waals surface area contributed by atoms with Crippen molar-refractivity contribution >= 4 is 39.2 Å². The average Bonchev–Trinajstić information content (AvgIpc) is 3.31. The molecule has 0 aliphatic carbocycles. The van der Waals surface area contributed by atoms with Crippen LogP contribution in [0.4, 0.5) is 11.5 Å². The van der Waals surface area contributed by atoms with Crippen LogP contribution in [0.3, 0.4) is 0 Å². The van der Waals surface area contributed by atoms with Crippen LogP contribution in [-0.4, -0.2) is 32.2 Å². The normalized spacial score (nSPS) is 12.5. The topological polar surface area (TPSA) is 119 Å². The fourth-order valence-corrected chi connectivity index (χ4v) is 4.09. The Morgan fingerprint density at radius 3 is 2.69 bits per heavy atom. The summed E-state index contributed by atoms with van der Waals surface area (Å²) in [4.78, 5) is 21.7. The maximum absolute atomic E-state index is 12.0. The van der Waals surface area contributed by atoms with Gasteiger partial charge < -0.3 is 15.8 Å². The van der Waals surface area contributed by atoms with E-state index in [0.29, 0.717) is 23.8 Å². The molecule has 1 amide bonds. The van der Waals surface area contributed by atoms with Gasteiger partial charge in [0.15, 0.2) is 11.9 Å². The van der Waals surface area contributed by atoms with Crippen LogP contribution in [0.5, 0.6) is 5.75 Å². The number of rotatable bonds is 7. The van der Waals surface area contributed by atoms with Gasteiger partial charge in [0.1, 0.15) is 11.6 Å². The summed E-state index contributed by atoms with van der Waals surface area (Å²) in [5, 5.41) is 12.4. The molecule has 3 aromatic carbocycles. The molecule has 0 fully saturated rings. The first-order valence-corrected chi connectivity index (χ1v) is 11.8. The average molecular weight is 481 g/mol. The quantitative estimate of drug-likeness (QED) is 0.280. The third-order valence-electron chi connectivity index (χ3n) is 5.79. The molecule has 0 aliphatic heterocycles. The number of ether oxygens (including phenoxy) is 1. The monoisotopic (exact) mass is 480 g/mol. The molecule has 5 aromatic rings. The number of nitrogens with two attached hydrogens (primary N) is 1. The number of hydrogen-bond donors (Lipinski definition) is 3. The van der Waals surface area contributed by atoms with Gasteiger partial charge in [0.2, 0.25) is 0 Å². The molecule has 0 spiro atoms. The number of nitrogens with one attached hydrogen (secondary N) is 2. The van der Waals surface area contributed by atoms with Gasteiger partial charge >= 0.3 is 0 Å². The lowest BCUT2D eigenvalue weighted by molar-refractivity contribution is -0.125.